The van der Waals surface area contributed by atoms with Crippen LogP contribution in [0.4, 0.5) is 0 Å². The van der Waals surface area contributed by atoms with Gasteiger partial charge in [-0.15, -0.1) is 0 Å². The van der Waals surface area contributed by atoms with E-state index >= 15 is 0 Å². The van der Waals surface area contributed by atoms with Crippen LogP contribution in [0.2, 0.25) is 0 Å². The van der Waals surface area contributed by atoms with E-state index in [1.807, 2.05) is 0 Å². The quantitative estimate of drug-likeness (QED) is 0.654. The van der Waals surface area contributed by atoms with E-state index in [2.05, 4.69) is 15.9 Å². The van der Waals surface area contributed by atoms with Crippen molar-refractivity contribution in [1.82, 2.24) is 0 Å². The third kappa shape index (κ3) is 1.04. The molecule has 0 saturated carbocycles. The largest absolute Gasteiger partial charge is 0.468 e. The summed E-state index contributed by atoms with van der Waals surface area (Å²) in [6, 6.07) is 3.52. The highest BCUT2D eigenvalue weighted by molar-refractivity contribution is 9.10. The third-order valence-electron chi connectivity index (χ3n) is 0.750. The van der Waals surface area contributed by atoms with E-state index in [1.165, 1.54) is 0 Å². The molecule has 0 spiro atoms. The number of rotatable bonds is 1. The molecule has 3 heteroatoms. The van der Waals surface area contributed by atoms with Crippen LogP contribution in [0.15, 0.2) is 21.2 Å². The molecule has 0 aromatic carbocycles. The van der Waals surface area contributed by atoms with Gasteiger partial charge in [-0.2, -0.15) is 0 Å². The predicted octanol–water partition coefficient (Wildman–Crippen LogP) is 2.05. The second-order valence-corrected chi connectivity index (χ2v) is 2.04. The Bertz CT molecular complexity index is 171. The monoisotopic (exact) mass is 176 g/mol. The van der Waals surface area contributed by atoms with E-state index in [9.17, 15) is 0 Å². The Balaban J connectivity index is 2.84. The van der Waals surface area contributed by atoms with Gasteiger partial charge in [0, 0.05) is 6.07 Å². The summed E-state index contributed by atoms with van der Waals surface area (Å²) in [5, 5.41) is 0. The van der Waals surface area contributed by atoms with Crippen molar-refractivity contribution in [2.75, 3.05) is 7.11 Å². The molecule has 8 heavy (non-hydrogen) atoms. The molecule has 1 rings (SSSR count). The Hall–Kier alpha value is -0.440. The van der Waals surface area contributed by atoms with Gasteiger partial charge < -0.3 is 9.15 Å². The van der Waals surface area contributed by atoms with Gasteiger partial charge >= 0.3 is 0 Å². The lowest BCUT2D eigenvalue weighted by Crippen LogP contribution is -1.75. The highest BCUT2D eigenvalue weighted by atomic mass is 79.9. The molecule has 0 unspecified atom stereocenters. The zero-order valence-corrected chi connectivity index (χ0v) is 5.94. The van der Waals surface area contributed by atoms with Crippen LogP contribution in [0.5, 0.6) is 5.95 Å². The van der Waals surface area contributed by atoms with Crippen molar-refractivity contribution in [2.45, 2.75) is 0 Å². The molecule has 1 heterocycles. The number of hydrogen-bond donors (Lipinski definition) is 0. The maximum Gasteiger partial charge on any atom is 0.285 e. The van der Waals surface area contributed by atoms with Crippen LogP contribution in [0.25, 0.3) is 0 Å². The van der Waals surface area contributed by atoms with Crippen LogP contribution in [0, 0.1) is 0 Å². The van der Waals surface area contributed by atoms with Gasteiger partial charge in [0.15, 0.2) is 4.67 Å². The SMILES string of the molecule is COc1ccc(Br)o1. The summed E-state index contributed by atoms with van der Waals surface area (Å²) in [6.45, 7) is 0. The fraction of sp³-hybridized carbons (Fsp3) is 0.200. The standard InChI is InChI=1S/C5H5BrO2/c1-7-5-3-2-4(6)8-5/h2-3H,1H3. The van der Waals surface area contributed by atoms with Crippen molar-refractivity contribution in [3.05, 3.63) is 16.8 Å². The molecule has 44 valence electrons. The molecular formula is C5H5BrO2. The molecular weight excluding hydrogens is 172 g/mol. The Morgan fingerprint density at radius 2 is 2.38 bits per heavy atom. The van der Waals surface area contributed by atoms with Crippen LogP contribution < -0.4 is 4.74 Å². The lowest BCUT2D eigenvalue weighted by Gasteiger charge is -1.86. The van der Waals surface area contributed by atoms with E-state index in [4.69, 9.17) is 9.15 Å². The molecule has 0 saturated heterocycles. The van der Waals surface area contributed by atoms with Crippen molar-refractivity contribution in [2.24, 2.45) is 0 Å². The summed E-state index contributed by atoms with van der Waals surface area (Å²) in [7, 11) is 1.56. The number of ether oxygens (including phenoxy) is 1. The first-order valence-corrected chi connectivity index (χ1v) is 2.91. The number of hydrogen-bond acceptors (Lipinski definition) is 2. The minimum atomic E-state index is 0.525. The molecule has 0 N–H and O–H groups in total. The van der Waals surface area contributed by atoms with Gasteiger partial charge in [0.25, 0.3) is 5.95 Å². The average molecular weight is 177 g/mol. The van der Waals surface area contributed by atoms with E-state index in [-0.39, 0.29) is 0 Å². The highest BCUT2D eigenvalue weighted by Crippen LogP contribution is 2.19. The summed E-state index contributed by atoms with van der Waals surface area (Å²) in [5.41, 5.74) is 0. The molecule has 1 aromatic rings. The Morgan fingerprint density at radius 1 is 1.62 bits per heavy atom. The molecule has 0 aliphatic heterocycles. The number of halogens is 1. The number of methoxy groups -OCH3 is 1. The van der Waals surface area contributed by atoms with E-state index in [1.54, 1.807) is 19.2 Å². The van der Waals surface area contributed by atoms with Gasteiger partial charge in [0.2, 0.25) is 0 Å². The van der Waals surface area contributed by atoms with Crippen molar-refractivity contribution < 1.29 is 9.15 Å². The molecule has 0 fully saturated rings. The molecule has 0 radical (unpaired) electrons. The first kappa shape index (κ1) is 5.69. The fourth-order valence-electron chi connectivity index (χ4n) is 0.407. The van der Waals surface area contributed by atoms with Crippen LogP contribution >= 0.6 is 15.9 Å². The van der Waals surface area contributed by atoms with Crippen molar-refractivity contribution >= 4 is 15.9 Å². The van der Waals surface area contributed by atoms with Crippen LogP contribution in [-0.2, 0) is 0 Å². The molecule has 0 atom stereocenters. The highest BCUT2D eigenvalue weighted by Gasteiger charge is 1.94. The van der Waals surface area contributed by atoms with Crippen molar-refractivity contribution in [3.8, 4) is 5.95 Å². The van der Waals surface area contributed by atoms with Gasteiger partial charge in [-0.05, 0) is 22.0 Å². The summed E-state index contributed by atoms with van der Waals surface area (Å²) < 4.78 is 10.4. The second-order valence-electron chi connectivity index (χ2n) is 1.26. The molecule has 0 bridgehead atoms. The smallest absolute Gasteiger partial charge is 0.285 e. The second kappa shape index (κ2) is 2.22. The minimum absolute atomic E-state index is 0.525. The summed E-state index contributed by atoms with van der Waals surface area (Å²) in [5.74, 6) is 0.525. The molecule has 1 aromatic heterocycles. The summed E-state index contributed by atoms with van der Waals surface area (Å²) in [6.07, 6.45) is 0. The minimum Gasteiger partial charge on any atom is -0.468 e. The van der Waals surface area contributed by atoms with Gasteiger partial charge in [-0.3, -0.25) is 0 Å². The Morgan fingerprint density at radius 3 is 2.62 bits per heavy atom. The van der Waals surface area contributed by atoms with Crippen molar-refractivity contribution in [1.29, 1.82) is 0 Å². The van der Waals surface area contributed by atoms with Gasteiger partial charge in [0.05, 0.1) is 7.11 Å². The Kier molecular flexibility index (Phi) is 1.58. The van der Waals surface area contributed by atoms with E-state index < -0.39 is 0 Å². The zero-order valence-electron chi connectivity index (χ0n) is 4.35. The maximum absolute atomic E-state index is 4.93. The maximum atomic E-state index is 4.93. The summed E-state index contributed by atoms with van der Waals surface area (Å²) >= 11 is 3.13. The number of furan rings is 1. The predicted molar refractivity (Wildman–Crippen MR) is 33.0 cm³/mol. The zero-order chi connectivity index (χ0) is 5.98. The average Bonchev–Trinajstić information content (AvgIpc) is 2.14. The van der Waals surface area contributed by atoms with Gasteiger partial charge in [-0.25, -0.2) is 0 Å². The third-order valence-corrected chi connectivity index (χ3v) is 1.18. The first-order chi connectivity index (χ1) is 3.83. The fourth-order valence-corrected chi connectivity index (χ4v) is 0.699. The van der Waals surface area contributed by atoms with Crippen LogP contribution in [0.3, 0.4) is 0 Å². The molecule has 0 aliphatic rings. The molecule has 0 aliphatic carbocycles. The van der Waals surface area contributed by atoms with Gasteiger partial charge in [0.1, 0.15) is 0 Å². The van der Waals surface area contributed by atoms with Gasteiger partial charge in [-0.1, -0.05) is 0 Å². The summed E-state index contributed by atoms with van der Waals surface area (Å²) in [4.78, 5) is 0. The Labute approximate surface area is 55.6 Å². The van der Waals surface area contributed by atoms with E-state index in [0.29, 0.717) is 10.6 Å². The van der Waals surface area contributed by atoms with Crippen LogP contribution in [-0.4, -0.2) is 7.11 Å². The lowest BCUT2D eigenvalue weighted by molar-refractivity contribution is 0.299. The van der Waals surface area contributed by atoms with Crippen LogP contribution in [0.1, 0.15) is 0 Å². The van der Waals surface area contributed by atoms with Crippen molar-refractivity contribution in [3.63, 3.8) is 0 Å². The topological polar surface area (TPSA) is 22.4 Å². The lowest BCUT2D eigenvalue weighted by atomic mass is 10.7. The van der Waals surface area contributed by atoms with E-state index in [0.717, 1.165) is 0 Å². The molecule has 0 amide bonds. The molecule has 2 nitrogen and oxygen atoms in total. The normalized spacial score (nSPS) is 9.25. The first-order valence-electron chi connectivity index (χ1n) is 2.12.